The Bertz CT molecular complexity index is 725. The Morgan fingerprint density at radius 1 is 1.25 bits per heavy atom. The zero-order chi connectivity index (χ0) is 17.3. The molecule has 0 aromatic carbocycles. The molecule has 1 fully saturated rings. The summed E-state index contributed by atoms with van der Waals surface area (Å²) in [6, 6.07) is 2.07. The Hall–Kier alpha value is -1.66. The zero-order valence-electron chi connectivity index (χ0n) is 15.0. The Labute approximate surface area is 147 Å². The predicted molar refractivity (Wildman–Crippen MR) is 97.6 cm³/mol. The van der Waals surface area contributed by atoms with Gasteiger partial charge in [-0.1, -0.05) is 6.92 Å². The molecule has 0 radical (unpaired) electrons. The number of hydrogen-bond donors (Lipinski definition) is 0. The quantitative estimate of drug-likeness (QED) is 0.854. The van der Waals surface area contributed by atoms with Gasteiger partial charge in [0.05, 0.1) is 10.6 Å². The lowest BCUT2D eigenvalue weighted by molar-refractivity contribution is 0.0631. The summed E-state index contributed by atoms with van der Waals surface area (Å²) < 4.78 is 1.95. The highest BCUT2D eigenvalue weighted by atomic mass is 32.1. The summed E-state index contributed by atoms with van der Waals surface area (Å²) in [5.74, 6) is 0.204. The van der Waals surface area contributed by atoms with E-state index in [1.165, 1.54) is 16.8 Å². The van der Waals surface area contributed by atoms with Crippen molar-refractivity contribution in [3.05, 3.63) is 38.8 Å². The lowest BCUT2D eigenvalue weighted by Crippen LogP contribution is -2.48. The van der Waals surface area contributed by atoms with Crippen LogP contribution in [0.1, 0.15) is 39.1 Å². The minimum Gasteiger partial charge on any atom is -0.335 e. The molecular weight excluding hydrogens is 320 g/mol. The molecule has 1 amide bonds. The smallest absolute Gasteiger partial charge is 0.264 e. The number of thiophene rings is 1. The van der Waals surface area contributed by atoms with Gasteiger partial charge in [0.15, 0.2) is 0 Å². The highest BCUT2D eigenvalue weighted by Crippen LogP contribution is 2.21. The first-order valence-corrected chi connectivity index (χ1v) is 9.46. The molecule has 0 atom stereocenters. The standard InChI is InChI=1S/C18H26N4OS/c1-5-15-6-11-24-17(15)18(23)22-9-7-21(8-10-22)12-16-13(2)19-20(4)14(16)3/h6,11H,5,7-10,12H2,1-4H3. The Morgan fingerprint density at radius 2 is 1.96 bits per heavy atom. The lowest BCUT2D eigenvalue weighted by atomic mass is 10.1. The first kappa shape index (κ1) is 17.2. The summed E-state index contributed by atoms with van der Waals surface area (Å²) in [6.07, 6.45) is 0.921. The van der Waals surface area contributed by atoms with Crippen molar-refractivity contribution in [3.63, 3.8) is 0 Å². The van der Waals surface area contributed by atoms with Crippen LogP contribution in [-0.2, 0) is 20.0 Å². The molecule has 2 aromatic rings. The largest absolute Gasteiger partial charge is 0.335 e. The van der Waals surface area contributed by atoms with Crippen molar-refractivity contribution in [2.45, 2.75) is 33.7 Å². The van der Waals surface area contributed by atoms with Gasteiger partial charge in [0.1, 0.15) is 0 Å². The fraction of sp³-hybridized carbons (Fsp3) is 0.556. The summed E-state index contributed by atoms with van der Waals surface area (Å²) >= 11 is 1.57. The summed E-state index contributed by atoms with van der Waals surface area (Å²) in [7, 11) is 1.99. The third kappa shape index (κ3) is 3.26. The molecular formula is C18H26N4OS. The molecule has 24 heavy (non-hydrogen) atoms. The van der Waals surface area contributed by atoms with Crippen molar-refractivity contribution in [1.82, 2.24) is 19.6 Å². The third-order valence-corrected chi connectivity index (χ3v) is 5.97. The van der Waals surface area contributed by atoms with E-state index in [4.69, 9.17) is 0 Å². The average molecular weight is 347 g/mol. The van der Waals surface area contributed by atoms with Crippen LogP contribution in [0.3, 0.4) is 0 Å². The van der Waals surface area contributed by atoms with Gasteiger partial charge < -0.3 is 4.90 Å². The molecule has 130 valence electrons. The maximum atomic E-state index is 12.7. The summed E-state index contributed by atoms with van der Waals surface area (Å²) in [4.78, 5) is 18.1. The van der Waals surface area contributed by atoms with Crippen LogP contribution in [0, 0.1) is 13.8 Å². The van der Waals surface area contributed by atoms with Crippen LogP contribution in [0.5, 0.6) is 0 Å². The van der Waals surface area contributed by atoms with E-state index >= 15 is 0 Å². The molecule has 0 unspecified atom stereocenters. The topological polar surface area (TPSA) is 41.4 Å². The van der Waals surface area contributed by atoms with E-state index in [-0.39, 0.29) is 5.91 Å². The second kappa shape index (κ2) is 7.07. The predicted octanol–water partition coefficient (Wildman–Crippen LogP) is 2.62. The molecule has 0 N–H and O–H groups in total. The van der Waals surface area contributed by atoms with Gasteiger partial charge in [-0.05, 0) is 37.3 Å². The summed E-state index contributed by atoms with van der Waals surface area (Å²) in [5, 5.41) is 6.52. The number of piperazine rings is 1. The summed E-state index contributed by atoms with van der Waals surface area (Å²) in [6.45, 7) is 10.7. The molecule has 2 aromatic heterocycles. The van der Waals surface area contributed by atoms with E-state index in [1.54, 1.807) is 11.3 Å². The average Bonchev–Trinajstić information content (AvgIpc) is 3.15. The van der Waals surface area contributed by atoms with Crippen LogP contribution in [0.4, 0.5) is 0 Å². The van der Waals surface area contributed by atoms with Crippen molar-refractivity contribution < 1.29 is 4.79 Å². The highest BCUT2D eigenvalue weighted by Gasteiger charge is 2.25. The SMILES string of the molecule is CCc1ccsc1C(=O)N1CCN(Cc2c(C)nn(C)c2C)CC1. The number of hydrogen-bond acceptors (Lipinski definition) is 4. The molecule has 0 bridgehead atoms. The van der Waals surface area contributed by atoms with E-state index in [1.807, 2.05) is 22.0 Å². The summed E-state index contributed by atoms with van der Waals surface area (Å²) in [5.41, 5.74) is 4.84. The van der Waals surface area contributed by atoms with E-state index in [2.05, 4.69) is 36.8 Å². The third-order valence-electron chi connectivity index (χ3n) is 5.02. The fourth-order valence-electron chi connectivity index (χ4n) is 3.32. The van der Waals surface area contributed by atoms with Crippen LogP contribution < -0.4 is 0 Å². The minimum atomic E-state index is 0.204. The number of carbonyl (C=O) groups is 1. The van der Waals surface area contributed by atoms with Crippen molar-refractivity contribution >= 4 is 17.2 Å². The van der Waals surface area contributed by atoms with Gasteiger partial charge in [0.25, 0.3) is 5.91 Å². The van der Waals surface area contributed by atoms with Crippen molar-refractivity contribution in [2.75, 3.05) is 26.2 Å². The van der Waals surface area contributed by atoms with Crippen molar-refractivity contribution in [3.8, 4) is 0 Å². The molecule has 5 nitrogen and oxygen atoms in total. The highest BCUT2D eigenvalue weighted by molar-refractivity contribution is 7.12. The second-order valence-electron chi connectivity index (χ2n) is 6.47. The number of aromatic nitrogens is 2. The van der Waals surface area contributed by atoms with E-state index < -0.39 is 0 Å². The molecule has 1 aliphatic rings. The number of aryl methyl sites for hydroxylation is 3. The zero-order valence-corrected chi connectivity index (χ0v) is 15.8. The maximum Gasteiger partial charge on any atom is 0.264 e. The van der Waals surface area contributed by atoms with Crippen LogP contribution in [0.25, 0.3) is 0 Å². The molecule has 0 spiro atoms. The molecule has 6 heteroatoms. The van der Waals surface area contributed by atoms with Gasteiger partial charge in [-0.15, -0.1) is 11.3 Å². The molecule has 3 rings (SSSR count). The van der Waals surface area contributed by atoms with Gasteiger partial charge in [-0.2, -0.15) is 5.10 Å². The molecule has 1 aliphatic heterocycles. The van der Waals surface area contributed by atoms with Crippen molar-refractivity contribution in [1.29, 1.82) is 0 Å². The molecule has 0 aliphatic carbocycles. The van der Waals surface area contributed by atoms with Gasteiger partial charge in [-0.3, -0.25) is 14.4 Å². The number of rotatable bonds is 4. The van der Waals surface area contributed by atoms with Crippen LogP contribution in [0.2, 0.25) is 0 Å². The Balaban J connectivity index is 1.61. The number of carbonyl (C=O) groups excluding carboxylic acids is 1. The number of nitrogens with zero attached hydrogens (tertiary/aromatic N) is 4. The Kier molecular flexibility index (Phi) is 5.06. The maximum absolute atomic E-state index is 12.7. The normalized spacial score (nSPS) is 15.9. The lowest BCUT2D eigenvalue weighted by Gasteiger charge is -2.34. The van der Waals surface area contributed by atoms with Gasteiger partial charge in [0.2, 0.25) is 0 Å². The van der Waals surface area contributed by atoms with Gasteiger partial charge in [-0.25, -0.2) is 0 Å². The van der Waals surface area contributed by atoms with Crippen LogP contribution in [-0.4, -0.2) is 51.7 Å². The van der Waals surface area contributed by atoms with E-state index in [0.717, 1.165) is 49.7 Å². The Morgan fingerprint density at radius 3 is 2.54 bits per heavy atom. The van der Waals surface area contributed by atoms with Crippen LogP contribution >= 0.6 is 11.3 Å². The minimum absolute atomic E-state index is 0.204. The fourth-order valence-corrected chi connectivity index (χ4v) is 4.29. The molecule has 0 saturated carbocycles. The first-order valence-electron chi connectivity index (χ1n) is 8.58. The number of amides is 1. The van der Waals surface area contributed by atoms with Crippen LogP contribution in [0.15, 0.2) is 11.4 Å². The second-order valence-corrected chi connectivity index (χ2v) is 7.39. The molecule has 3 heterocycles. The van der Waals surface area contributed by atoms with Gasteiger partial charge in [0, 0.05) is 51.0 Å². The monoisotopic (exact) mass is 346 g/mol. The van der Waals surface area contributed by atoms with Crippen molar-refractivity contribution in [2.24, 2.45) is 7.05 Å². The van der Waals surface area contributed by atoms with E-state index in [0.29, 0.717) is 0 Å². The van der Waals surface area contributed by atoms with Gasteiger partial charge >= 0.3 is 0 Å². The van der Waals surface area contributed by atoms with E-state index in [9.17, 15) is 4.79 Å². The first-order chi connectivity index (χ1) is 11.5. The molecule has 1 saturated heterocycles.